The summed E-state index contributed by atoms with van der Waals surface area (Å²) in [4.78, 5) is 7.06. The number of hydrogen-bond donors (Lipinski definition) is 2. The Morgan fingerprint density at radius 1 is 1.43 bits per heavy atom. The number of thiophene rings is 1. The van der Waals surface area contributed by atoms with E-state index in [1.807, 2.05) is 35.5 Å². The quantitative estimate of drug-likeness (QED) is 0.407. The first-order chi connectivity index (χ1) is 10.6. The Hall–Kier alpha value is -1.09. The Bertz CT molecular complexity index is 620. The molecule has 0 fully saturated rings. The van der Waals surface area contributed by atoms with Crippen molar-refractivity contribution in [3.05, 3.63) is 39.8 Å². The third-order valence-electron chi connectivity index (χ3n) is 3.37. The Balaban J connectivity index is 0.00000264. The van der Waals surface area contributed by atoms with Gasteiger partial charge in [-0.25, -0.2) is 0 Å². The standard InChI is InChI=1S/C16H25N5S.HI/c1-12(9-15-6-5-13(2)22-15)20-16(17-3)18-8-7-14-10-19-21(4)11-14;/h5-6,10-12H,7-9H2,1-4H3,(H2,17,18,20);1H. The zero-order chi connectivity index (χ0) is 15.9. The summed E-state index contributed by atoms with van der Waals surface area (Å²) in [5.74, 6) is 0.852. The largest absolute Gasteiger partial charge is 0.356 e. The molecule has 0 aromatic carbocycles. The van der Waals surface area contributed by atoms with E-state index in [0.29, 0.717) is 6.04 Å². The first-order valence-electron chi connectivity index (χ1n) is 7.57. The monoisotopic (exact) mass is 447 g/mol. The van der Waals surface area contributed by atoms with Crippen molar-refractivity contribution in [2.75, 3.05) is 13.6 Å². The number of aryl methyl sites for hydroxylation is 2. The van der Waals surface area contributed by atoms with E-state index in [-0.39, 0.29) is 24.0 Å². The van der Waals surface area contributed by atoms with E-state index in [2.05, 4.69) is 46.7 Å². The zero-order valence-corrected chi connectivity index (χ0v) is 17.3. The molecule has 0 bridgehead atoms. The average molecular weight is 447 g/mol. The molecule has 1 atom stereocenters. The van der Waals surface area contributed by atoms with Crippen LogP contribution in [0.15, 0.2) is 29.5 Å². The van der Waals surface area contributed by atoms with Gasteiger partial charge in [-0.15, -0.1) is 35.3 Å². The van der Waals surface area contributed by atoms with Crippen LogP contribution < -0.4 is 10.6 Å². The molecule has 0 saturated heterocycles. The number of aromatic nitrogens is 2. The molecule has 0 aliphatic rings. The topological polar surface area (TPSA) is 54.2 Å². The van der Waals surface area contributed by atoms with Crippen LogP contribution in [-0.2, 0) is 19.9 Å². The van der Waals surface area contributed by atoms with Gasteiger partial charge < -0.3 is 10.6 Å². The number of rotatable bonds is 6. The molecule has 2 aromatic rings. The normalized spacial score (nSPS) is 12.6. The van der Waals surface area contributed by atoms with E-state index in [4.69, 9.17) is 0 Å². The molecular weight excluding hydrogens is 421 g/mol. The van der Waals surface area contributed by atoms with Gasteiger partial charge in [-0.05, 0) is 38.0 Å². The van der Waals surface area contributed by atoms with Gasteiger partial charge in [0.2, 0.25) is 0 Å². The molecule has 7 heteroatoms. The van der Waals surface area contributed by atoms with Crippen LogP contribution in [0.2, 0.25) is 0 Å². The highest BCUT2D eigenvalue weighted by molar-refractivity contribution is 14.0. The molecule has 2 heterocycles. The minimum absolute atomic E-state index is 0. The van der Waals surface area contributed by atoms with Gasteiger partial charge >= 0.3 is 0 Å². The van der Waals surface area contributed by atoms with E-state index in [0.717, 1.165) is 25.3 Å². The molecule has 1 unspecified atom stereocenters. The number of aliphatic imine (C=N–C) groups is 1. The molecule has 128 valence electrons. The molecule has 0 aliphatic carbocycles. The second-order valence-electron chi connectivity index (χ2n) is 5.53. The van der Waals surface area contributed by atoms with Crippen LogP contribution in [0.1, 0.15) is 22.2 Å². The highest BCUT2D eigenvalue weighted by Gasteiger charge is 2.07. The first kappa shape index (κ1) is 20.0. The van der Waals surface area contributed by atoms with Gasteiger partial charge in [0.25, 0.3) is 0 Å². The van der Waals surface area contributed by atoms with Crippen molar-refractivity contribution >= 4 is 41.3 Å². The highest BCUT2D eigenvalue weighted by atomic mass is 127. The van der Waals surface area contributed by atoms with Gasteiger partial charge in [-0.2, -0.15) is 5.10 Å². The van der Waals surface area contributed by atoms with Gasteiger partial charge in [0.1, 0.15) is 0 Å². The third kappa shape index (κ3) is 6.90. The van der Waals surface area contributed by atoms with Crippen molar-refractivity contribution in [3.63, 3.8) is 0 Å². The van der Waals surface area contributed by atoms with Crippen LogP contribution in [0.3, 0.4) is 0 Å². The van der Waals surface area contributed by atoms with Crippen LogP contribution >= 0.6 is 35.3 Å². The van der Waals surface area contributed by atoms with Crippen molar-refractivity contribution in [1.82, 2.24) is 20.4 Å². The summed E-state index contributed by atoms with van der Waals surface area (Å²) >= 11 is 1.86. The number of halogens is 1. The SMILES string of the molecule is CN=C(NCCc1cnn(C)c1)NC(C)Cc1ccc(C)s1.I. The van der Waals surface area contributed by atoms with Crippen LogP contribution in [0.25, 0.3) is 0 Å². The molecule has 0 saturated carbocycles. The van der Waals surface area contributed by atoms with E-state index in [9.17, 15) is 0 Å². The lowest BCUT2D eigenvalue weighted by Gasteiger charge is -2.17. The predicted molar refractivity (Wildman–Crippen MR) is 109 cm³/mol. The fraction of sp³-hybridized carbons (Fsp3) is 0.500. The summed E-state index contributed by atoms with van der Waals surface area (Å²) in [6, 6.07) is 4.73. The summed E-state index contributed by atoms with van der Waals surface area (Å²) in [7, 11) is 3.74. The lowest BCUT2D eigenvalue weighted by Crippen LogP contribution is -2.43. The van der Waals surface area contributed by atoms with Crippen LogP contribution in [0.5, 0.6) is 0 Å². The molecular formula is C16H26IN5S. The van der Waals surface area contributed by atoms with Crippen LogP contribution in [-0.4, -0.2) is 35.4 Å². The summed E-state index contributed by atoms with van der Waals surface area (Å²) in [5, 5.41) is 11.0. The molecule has 0 amide bonds. The maximum Gasteiger partial charge on any atom is 0.191 e. The lowest BCUT2D eigenvalue weighted by molar-refractivity contribution is 0.644. The molecule has 0 spiro atoms. The minimum atomic E-state index is 0. The Morgan fingerprint density at radius 2 is 2.22 bits per heavy atom. The van der Waals surface area contributed by atoms with E-state index < -0.39 is 0 Å². The number of nitrogens with one attached hydrogen (secondary N) is 2. The number of guanidine groups is 1. The van der Waals surface area contributed by atoms with Crippen molar-refractivity contribution in [1.29, 1.82) is 0 Å². The van der Waals surface area contributed by atoms with E-state index in [1.54, 1.807) is 7.05 Å². The van der Waals surface area contributed by atoms with Crippen molar-refractivity contribution in [3.8, 4) is 0 Å². The van der Waals surface area contributed by atoms with Gasteiger partial charge in [0, 0.05) is 49.1 Å². The maximum absolute atomic E-state index is 4.29. The fourth-order valence-corrected chi connectivity index (χ4v) is 3.32. The summed E-state index contributed by atoms with van der Waals surface area (Å²) in [6.45, 7) is 5.17. The highest BCUT2D eigenvalue weighted by Crippen LogP contribution is 2.16. The first-order valence-corrected chi connectivity index (χ1v) is 8.38. The number of hydrogen-bond acceptors (Lipinski definition) is 3. The predicted octanol–water partition coefficient (Wildman–Crippen LogP) is 2.75. The van der Waals surface area contributed by atoms with Crippen molar-refractivity contribution < 1.29 is 0 Å². The zero-order valence-electron chi connectivity index (χ0n) is 14.2. The minimum Gasteiger partial charge on any atom is -0.356 e. The van der Waals surface area contributed by atoms with Gasteiger partial charge in [0.15, 0.2) is 5.96 Å². The number of nitrogens with zero attached hydrogens (tertiary/aromatic N) is 3. The van der Waals surface area contributed by atoms with Crippen LogP contribution in [0.4, 0.5) is 0 Å². The lowest BCUT2D eigenvalue weighted by atomic mass is 10.2. The third-order valence-corrected chi connectivity index (χ3v) is 4.40. The average Bonchev–Trinajstić information content (AvgIpc) is 3.06. The van der Waals surface area contributed by atoms with Gasteiger partial charge in [-0.1, -0.05) is 0 Å². The molecule has 5 nitrogen and oxygen atoms in total. The summed E-state index contributed by atoms with van der Waals surface area (Å²) in [5.41, 5.74) is 1.23. The van der Waals surface area contributed by atoms with Crippen LogP contribution in [0, 0.1) is 6.92 Å². The van der Waals surface area contributed by atoms with Gasteiger partial charge in [0.05, 0.1) is 6.20 Å². The molecule has 0 radical (unpaired) electrons. The molecule has 2 N–H and O–H groups in total. The second-order valence-corrected chi connectivity index (χ2v) is 6.91. The van der Waals surface area contributed by atoms with Crippen molar-refractivity contribution in [2.45, 2.75) is 32.7 Å². The smallest absolute Gasteiger partial charge is 0.191 e. The summed E-state index contributed by atoms with van der Waals surface area (Å²) in [6.07, 6.45) is 5.90. The van der Waals surface area contributed by atoms with E-state index >= 15 is 0 Å². The summed E-state index contributed by atoms with van der Waals surface area (Å²) < 4.78 is 1.83. The maximum atomic E-state index is 4.29. The molecule has 23 heavy (non-hydrogen) atoms. The molecule has 2 aromatic heterocycles. The molecule has 2 rings (SSSR count). The van der Waals surface area contributed by atoms with Crippen molar-refractivity contribution in [2.24, 2.45) is 12.0 Å². The van der Waals surface area contributed by atoms with Gasteiger partial charge in [-0.3, -0.25) is 9.67 Å². The Kier molecular flexibility index (Phi) is 8.60. The fourth-order valence-electron chi connectivity index (χ4n) is 2.30. The Morgan fingerprint density at radius 3 is 2.78 bits per heavy atom. The van der Waals surface area contributed by atoms with E-state index in [1.165, 1.54) is 15.3 Å². The molecule has 0 aliphatic heterocycles. The Labute approximate surface area is 159 Å². The second kappa shape index (κ2) is 9.92.